The molecule has 0 aliphatic rings. The Labute approximate surface area is 267 Å². The Morgan fingerprint density at radius 3 is 1.15 bits per heavy atom. The summed E-state index contributed by atoms with van der Waals surface area (Å²) in [5.74, 6) is 0. The van der Waals surface area contributed by atoms with E-state index in [2.05, 4.69) is 169 Å². The van der Waals surface area contributed by atoms with E-state index in [1.165, 1.54) is 43.1 Å². The predicted molar refractivity (Wildman–Crippen MR) is 178 cm³/mol. The molecule has 0 nitrogen and oxygen atoms in total. The first-order valence-corrected chi connectivity index (χ1v) is 25.4. The first-order valence-electron chi connectivity index (χ1n) is 13.5. The van der Waals surface area contributed by atoms with Crippen molar-refractivity contribution in [1.29, 1.82) is 0 Å². The summed E-state index contributed by atoms with van der Waals surface area (Å²) in [7, 11) is -2.41. The minimum atomic E-state index is -1.20. The van der Waals surface area contributed by atoms with Crippen LogP contribution in [0.5, 0.6) is 0 Å². The molecule has 0 spiro atoms. The Hall–Kier alpha value is -1.44. The van der Waals surface area contributed by atoms with E-state index in [9.17, 15) is 0 Å². The summed E-state index contributed by atoms with van der Waals surface area (Å²) in [6.45, 7) is 19.0. The SMILES string of the molecule is C[Si](C)(C)c1cc2ccc3ccccc3c2[cH-]1.C[Si](C)(C)c1cc2ccc3ccccc3c2[cH-]1.C[Si](C)=[Ti+2].[Cl-].[Cl-]. The molecular weight excluding hydrogens is 611 g/mol. The Kier molecular flexibility index (Phi) is 12.3. The van der Waals surface area contributed by atoms with Gasteiger partial charge in [0.15, 0.2) is 0 Å². The van der Waals surface area contributed by atoms with Gasteiger partial charge in [-0.05, 0) is 0 Å². The van der Waals surface area contributed by atoms with Crippen molar-refractivity contribution in [3.05, 3.63) is 97.1 Å². The molecule has 0 aliphatic carbocycles. The summed E-state index contributed by atoms with van der Waals surface area (Å²) in [4.78, 5) is 0. The third-order valence-electron chi connectivity index (χ3n) is 6.96. The van der Waals surface area contributed by atoms with E-state index in [4.69, 9.17) is 0 Å². The molecule has 40 heavy (non-hydrogen) atoms. The maximum Gasteiger partial charge on any atom is -1.00 e. The summed E-state index contributed by atoms with van der Waals surface area (Å²) in [6, 6.07) is 35.8. The van der Waals surface area contributed by atoms with Crippen LogP contribution in [0.3, 0.4) is 0 Å². The topological polar surface area (TPSA) is 0 Å². The van der Waals surface area contributed by atoms with Crippen molar-refractivity contribution in [3.63, 3.8) is 0 Å². The molecular formula is C34H40Cl2Si3Ti-2. The number of halogens is 2. The monoisotopic (exact) mass is 650 g/mol. The first kappa shape index (κ1) is 34.8. The summed E-state index contributed by atoms with van der Waals surface area (Å²) < 4.78 is 0. The van der Waals surface area contributed by atoms with Gasteiger partial charge < -0.3 is 24.8 Å². The van der Waals surface area contributed by atoms with Gasteiger partial charge in [-0.15, -0.1) is 56.2 Å². The molecule has 6 heteroatoms. The van der Waals surface area contributed by atoms with E-state index in [-0.39, 0.29) is 31.0 Å². The summed E-state index contributed by atoms with van der Waals surface area (Å²) in [5.41, 5.74) is 0. The molecule has 0 saturated carbocycles. The normalized spacial score (nSPS) is 11.2. The van der Waals surface area contributed by atoms with Crippen molar-refractivity contribution >= 4 is 75.8 Å². The van der Waals surface area contributed by atoms with E-state index < -0.39 is 16.1 Å². The van der Waals surface area contributed by atoms with Gasteiger partial charge in [-0.3, -0.25) is 0 Å². The molecule has 0 unspecified atom stereocenters. The smallest absolute Gasteiger partial charge is 1.00 e. The molecule has 6 rings (SSSR count). The number of hydrogen-bond donors (Lipinski definition) is 0. The summed E-state index contributed by atoms with van der Waals surface area (Å²) >= 11 is 2.27. The third-order valence-corrected chi connectivity index (χ3v) is 11.0. The molecule has 0 N–H and O–H groups in total. The van der Waals surface area contributed by atoms with Crippen LogP contribution < -0.4 is 35.2 Å². The van der Waals surface area contributed by atoms with Crippen LogP contribution in [-0.2, 0) is 19.2 Å². The molecule has 0 atom stereocenters. The summed E-state index contributed by atoms with van der Waals surface area (Å²) in [6.07, 6.45) is 0.120. The Morgan fingerprint density at radius 2 is 0.825 bits per heavy atom. The van der Waals surface area contributed by atoms with Crippen LogP contribution >= 0.6 is 0 Å². The van der Waals surface area contributed by atoms with Crippen molar-refractivity contribution in [2.24, 2.45) is 0 Å². The van der Waals surface area contributed by atoms with Gasteiger partial charge in [0.1, 0.15) is 0 Å². The average molecular weight is 652 g/mol. The minimum absolute atomic E-state index is 0. The van der Waals surface area contributed by atoms with Gasteiger partial charge in [-0.1, -0.05) is 121 Å². The zero-order chi connectivity index (χ0) is 27.7. The molecule has 0 aromatic heterocycles. The molecule has 0 aliphatic heterocycles. The maximum absolute atomic E-state index is 2.41. The zero-order valence-corrected chi connectivity index (χ0v) is 31.1. The molecule has 0 radical (unpaired) electrons. The standard InChI is InChI=1S/2C16H17Si.C2H6Si.2ClH.Ti/c2*1-17(2,3)14-10-13-9-8-12-6-4-5-7-15(12)16(13)11-14;1-3-2;;;/h2*4-11H,1-3H3;1-2H3;2*1H;/q2*-1;;;;+2/p-2. The number of fused-ring (bicyclic) bond motifs is 6. The fraction of sp³-hybridized carbons (Fsp3) is 0.235. The number of benzene rings is 4. The van der Waals surface area contributed by atoms with E-state index in [0.717, 1.165) is 0 Å². The van der Waals surface area contributed by atoms with Crippen molar-refractivity contribution in [2.75, 3.05) is 0 Å². The molecule has 0 heterocycles. The van der Waals surface area contributed by atoms with Gasteiger partial charge in [0.25, 0.3) is 0 Å². The van der Waals surface area contributed by atoms with Crippen LogP contribution in [0, 0.1) is 0 Å². The Morgan fingerprint density at radius 1 is 0.525 bits per heavy atom. The summed E-state index contributed by atoms with van der Waals surface area (Å²) in [5, 5.41) is 14.2. The van der Waals surface area contributed by atoms with E-state index in [0.29, 0.717) is 0 Å². The fourth-order valence-electron chi connectivity index (χ4n) is 4.79. The molecule has 6 aromatic rings. The van der Waals surface area contributed by atoms with Gasteiger partial charge in [0.2, 0.25) is 0 Å². The van der Waals surface area contributed by atoms with Crippen LogP contribution in [-0.4, -0.2) is 22.3 Å². The van der Waals surface area contributed by atoms with Crippen molar-refractivity contribution < 1.29 is 44.0 Å². The van der Waals surface area contributed by atoms with Gasteiger partial charge in [-0.2, -0.15) is 12.1 Å². The predicted octanol–water partition coefficient (Wildman–Crippen LogP) is 3.31. The van der Waals surface area contributed by atoms with Crippen molar-refractivity contribution in [3.8, 4) is 0 Å². The minimum Gasteiger partial charge on any atom is -1.00 e. The van der Waals surface area contributed by atoms with Crippen LogP contribution in [0.2, 0.25) is 52.4 Å². The van der Waals surface area contributed by atoms with Crippen LogP contribution in [0.25, 0.3) is 43.1 Å². The third kappa shape index (κ3) is 8.32. The molecule has 0 fully saturated rings. The van der Waals surface area contributed by atoms with Gasteiger partial charge >= 0.3 is 38.5 Å². The van der Waals surface area contributed by atoms with E-state index in [1.807, 2.05) is 0 Å². The zero-order valence-electron chi connectivity index (χ0n) is 25.0. The second-order valence-corrected chi connectivity index (χ2v) is 29.4. The molecule has 6 aromatic carbocycles. The Balaban J connectivity index is 0.000000237. The molecule has 0 bridgehead atoms. The number of rotatable bonds is 2. The van der Waals surface area contributed by atoms with Crippen LogP contribution in [0.1, 0.15) is 0 Å². The van der Waals surface area contributed by atoms with Crippen molar-refractivity contribution in [1.82, 2.24) is 0 Å². The molecule has 0 saturated heterocycles. The largest absolute Gasteiger partial charge is 1.00 e. The second kappa shape index (κ2) is 14.2. The Bertz CT molecular complexity index is 1610. The van der Waals surface area contributed by atoms with Gasteiger partial charge in [0, 0.05) is 0 Å². The van der Waals surface area contributed by atoms with Gasteiger partial charge in [0.05, 0.1) is 16.1 Å². The quantitative estimate of drug-likeness (QED) is 0.199. The molecule has 208 valence electrons. The number of hydrogen-bond acceptors (Lipinski definition) is 0. The maximum atomic E-state index is 2.41. The average Bonchev–Trinajstić information content (AvgIpc) is 3.49. The first-order chi connectivity index (χ1) is 17.8. The van der Waals surface area contributed by atoms with E-state index >= 15 is 0 Å². The molecule has 0 amide bonds. The van der Waals surface area contributed by atoms with Crippen LogP contribution in [0.4, 0.5) is 0 Å². The van der Waals surface area contributed by atoms with Crippen LogP contribution in [0.15, 0.2) is 97.1 Å². The van der Waals surface area contributed by atoms with Crippen molar-refractivity contribution in [2.45, 2.75) is 52.4 Å². The van der Waals surface area contributed by atoms with E-state index in [1.54, 1.807) is 10.4 Å². The fourth-order valence-corrected chi connectivity index (χ4v) is 7.13. The van der Waals surface area contributed by atoms with Gasteiger partial charge in [-0.25, -0.2) is 0 Å². The second-order valence-electron chi connectivity index (χ2n) is 12.6.